The van der Waals surface area contributed by atoms with Gasteiger partial charge in [0.25, 0.3) is 5.69 Å². The number of ether oxygens (including phenoxy) is 1. The quantitative estimate of drug-likeness (QED) is 0.528. The molecule has 0 saturated heterocycles. The summed E-state index contributed by atoms with van der Waals surface area (Å²) >= 11 is 0. The number of pyridine rings is 1. The molecule has 6 heteroatoms. The molecule has 1 aromatic carbocycles. The summed E-state index contributed by atoms with van der Waals surface area (Å²) in [5.41, 5.74) is 2.66. The monoisotopic (exact) mass is 323 g/mol. The maximum absolute atomic E-state index is 11.5. The summed E-state index contributed by atoms with van der Waals surface area (Å²) in [6, 6.07) is 7.18. The lowest BCUT2D eigenvalue weighted by Gasteiger charge is -2.37. The topological polar surface area (TPSA) is 77.3 Å². The third-order valence-electron chi connectivity index (χ3n) is 4.92. The lowest BCUT2D eigenvalue weighted by atomic mass is 9.76. The normalized spacial score (nSPS) is 24.0. The molecule has 2 unspecified atom stereocenters. The summed E-state index contributed by atoms with van der Waals surface area (Å²) in [5.74, 6) is 0.859. The summed E-state index contributed by atoms with van der Waals surface area (Å²) in [6.07, 6.45) is 8.67. The molecule has 6 nitrogen and oxygen atoms in total. The zero-order valence-corrected chi connectivity index (χ0v) is 13.2. The van der Waals surface area contributed by atoms with Crippen LogP contribution >= 0.6 is 0 Å². The molecule has 2 aromatic rings. The summed E-state index contributed by atoms with van der Waals surface area (Å²) in [7, 11) is 1.58. The smallest absolute Gasteiger partial charge is 0.275 e. The van der Waals surface area contributed by atoms with Crippen molar-refractivity contribution >= 4 is 11.4 Å². The van der Waals surface area contributed by atoms with Crippen molar-refractivity contribution in [2.45, 2.75) is 18.4 Å². The fourth-order valence-corrected chi connectivity index (χ4v) is 3.88. The van der Waals surface area contributed by atoms with Gasteiger partial charge >= 0.3 is 0 Å². The zero-order chi connectivity index (χ0) is 16.7. The molecule has 0 saturated carbocycles. The molecule has 1 N–H and O–H groups in total. The summed E-state index contributed by atoms with van der Waals surface area (Å²) in [4.78, 5) is 15.4. The zero-order valence-electron chi connectivity index (χ0n) is 13.2. The number of fused-ring (bicyclic) bond motifs is 3. The first-order valence-electron chi connectivity index (χ1n) is 7.89. The predicted octanol–water partition coefficient (Wildman–Crippen LogP) is 3.82. The highest BCUT2D eigenvalue weighted by atomic mass is 16.6. The second-order valence-corrected chi connectivity index (χ2v) is 6.09. The van der Waals surface area contributed by atoms with Gasteiger partial charge in [0.05, 0.1) is 29.3 Å². The lowest BCUT2D eigenvalue weighted by molar-refractivity contribution is -0.385. The fraction of sp³-hybridized carbons (Fsp3) is 0.278. The molecule has 1 aliphatic heterocycles. The molecule has 2 aliphatic rings. The maximum Gasteiger partial charge on any atom is 0.275 e. The molecular weight excluding hydrogens is 306 g/mol. The van der Waals surface area contributed by atoms with E-state index in [0.29, 0.717) is 11.4 Å². The number of allylic oxidation sites excluding steroid dienone is 2. The number of methoxy groups -OCH3 is 1. The van der Waals surface area contributed by atoms with Crippen LogP contribution in [0.15, 0.2) is 48.8 Å². The van der Waals surface area contributed by atoms with Crippen LogP contribution in [0, 0.1) is 16.0 Å². The van der Waals surface area contributed by atoms with Crippen LogP contribution in [0.1, 0.15) is 29.5 Å². The van der Waals surface area contributed by atoms with Crippen molar-refractivity contribution in [2.75, 3.05) is 12.4 Å². The molecular formula is C18H17N3O3. The van der Waals surface area contributed by atoms with Crippen LogP contribution in [0.3, 0.4) is 0 Å². The van der Waals surface area contributed by atoms with E-state index < -0.39 is 0 Å². The molecule has 0 radical (unpaired) electrons. The van der Waals surface area contributed by atoms with E-state index in [0.717, 1.165) is 17.5 Å². The standard InChI is InChI=1S/C18H17N3O3/c1-24-15-8-7-14(21(22)23)16-12-5-2-6-13(12)17(20-18(15)16)11-4-3-9-19-10-11/h2-5,7-10,12-13,17,20H,6H2,1H3/t12?,13?,17-/m1/s1. The molecule has 1 aliphatic carbocycles. The number of nitrogens with one attached hydrogen (secondary N) is 1. The van der Waals surface area contributed by atoms with Gasteiger partial charge in [0.15, 0.2) is 0 Å². The molecule has 122 valence electrons. The SMILES string of the molecule is COc1ccc([N+](=O)[O-])c2c1N[C@H](c1cccnc1)C1CC=CC21. The van der Waals surface area contributed by atoms with Crippen molar-refractivity contribution in [3.05, 3.63) is 70.1 Å². The van der Waals surface area contributed by atoms with Gasteiger partial charge in [0.1, 0.15) is 5.75 Å². The first kappa shape index (κ1) is 14.7. The molecule has 24 heavy (non-hydrogen) atoms. The van der Waals surface area contributed by atoms with E-state index in [1.807, 2.05) is 18.3 Å². The van der Waals surface area contributed by atoms with Gasteiger partial charge in [-0.05, 0) is 30.0 Å². The average Bonchev–Trinajstić information content (AvgIpc) is 3.10. The third-order valence-corrected chi connectivity index (χ3v) is 4.92. The van der Waals surface area contributed by atoms with Crippen LogP contribution in [0.5, 0.6) is 5.75 Å². The Morgan fingerprint density at radius 1 is 1.38 bits per heavy atom. The number of nitro benzene ring substituents is 1. The van der Waals surface area contributed by atoms with Gasteiger partial charge < -0.3 is 10.1 Å². The van der Waals surface area contributed by atoms with E-state index in [9.17, 15) is 10.1 Å². The number of rotatable bonds is 3. The fourth-order valence-electron chi connectivity index (χ4n) is 3.88. The Kier molecular flexibility index (Phi) is 3.45. The van der Waals surface area contributed by atoms with E-state index in [1.54, 1.807) is 19.4 Å². The van der Waals surface area contributed by atoms with Crippen molar-refractivity contribution in [3.8, 4) is 5.75 Å². The largest absolute Gasteiger partial charge is 0.495 e. The predicted molar refractivity (Wildman–Crippen MR) is 90.2 cm³/mol. The summed E-state index contributed by atoms with van der Waals surface area (Å²) in [5, 5.41) is 15.0. The van der Waals surface area contributed by atoms with E-state index >= 15 is 0 Å². The highest BCUT2D eigenvalue weighted by Gasteiger charge is 2.42. The van der Waals surface area contributed by atoms with Crippen LogP contribution in [0.4, 0.5) is 11.4 Å². The first-order valence-corrected chi connectivity index (χ1v) is 7.89. The number of benzene rings is 1. The number of nitro groups is 1. The van der Waals surface area contributed by atoms with Crippen LogP contribution in [-0.2, 0) is 0 Å². The lowest BCUT2D eigenvalue weighted by Crippen LogP contribution is -2.30. The number of anilines is 1. The van der Waals surface area contributed by atoms with Gasteiger partial charge in [-0.3, -0.25) is 15.1 Å². The summed E-state index contributed by atoms with van der Waals surface area (Å²) in [6.45, 7) is 0. The van der Waals surface area contributed by atoms with Gasteiger partial charge in [0.2, 0.25) is 0 Å². The number of aromatic nitrogens is 1. The highest BCUT2D eigenvalue weighted by molar-refractivity contribution is 5.73. The van der Waals surface area contributed by atoms with Crippen molar-refractivity contribution in [1.29, 1.82) is 0 Å². The Bertz CT molecular complexity index is 820. The molecule has 4 rings (SSSR count). The van der Waals surface area contributed by atoms with Crippen LogP contribution < -0.4 is 10.1 Å². The highest BCUT2D eigenvalue weighted by Crippen LogP contribution is 2.54. The minimum Gasteiger partial charge on any atom is -0.495 e. The van der Waals surface area contributed by atoms with Gasteiger partial charge in [0, 0.05) is 24.4 Å². The van der Waals surface area contributed by atoms with E-state index in [4.69, 9.17) is 4.74 Å². The van der Waals surface area contributed by atoms with Crippen LogP contribution in [0.2, 0.25) is 0 Å². The van der Waals surface area contributed by atoms with E-state index in [-0.39, 0.29) is 28.5 Å². The maximum atomic E-state index is 11.5. The van der Waals surface area contributed by atoms with Gasteiger partial charge in [-0.15, -0.1) is 0 Å². The van der Waals surface area contributed by atoms with E-state index in [2.05, 4.69) is 22.5 Å². The number of hydrogen-bond acceptors (Lipinski definition) is 5. The van der Waals surface area contributed by atoms with Crippen LogP contribution in [-0.4, -0.2) is 17.0 Å². The Morgan fingerprint density at radius 2 is 2.25 bits per heavy atom. The third kappa shape index (κ3) is 2.14. The first-order chi connectivity index (χ1) is 11.7. The molecule has 0 fully saturated rings. The average molecular weight is 323 g/mol. The number of hydrogen-bond donors (Lipinski definition) is 1. The van der Waals surface area contributed by atoms with Crippen molar-refractivity contribution in [1.82, 2.24) is 4.98 Å². The van der Waals surface area contributed by atoms with Crippen LogP contribution in [0.25, 0.3) is 0 Å². The molecule has 0 spiro atoms. The van der Waals surface area contributed by atoms with Crippen molar-refractivity contribution in [3.63, 3.8) is 0 Å². The molecule has 0 bridgehead atoms. The van der Waals surface area contributed by atoms with Crippen molar-refractivity contribution in [2.24, 2.45) is 5.92 Å². The Balaban J connectivity index is 1.90. The molecule has 1 aromatic heterocycles. The Hall–Kier alpha value is -2.89. The molecule has 3 atom stereocenters. The number of nitrogens with zero attached hydrogens (tertiary/aromatic N) is 2. The molecule has 2 heterocycles. The minimum absolute atomic E-state index is 0.00181. The minimum atomic E-state index is -0.312. The Morgan fingerprint density at radius 3 is 2.96 bits per heavy atom. The van der Waals surface area contributed by atoms with E-state index in [1.165, 1.54) is 6.07 Å². The molecule has 0 amide bonds. The van der Waals surface area contributed by atoms with Gasteiger partial charge in [-0.1, -0.05) is 18.2 Å². The van der Waals surface area contributed by atoms with Gasteiger partial charge in [-0.25, -0.2) is 0 Å². The van der Waals surface area contributed by atoms with Crippen molar-refractivity contribution < 1.29 is 9.66 Å². The van der Waals surface area contributed by atoms with Gasteiger partial charge in [-0.2, -0.15) is 0 Å². The second kappa shape index (κ2) is 5.63. The Labute approximate surface area is 139 Å². The summed E-state index contributed by atoms with van der Waals surface area (Å²) < 4.78 is 5.46. The second-order valence-electron chi connectivity index (χ2n) is 6.09.